The van der Waals surface area contributed by atoms with Crippen LogP contribution in [0.2, 0.25) is 0 Å². The zero-order chi connectivity index (χ0) is 14.7. The van der Waals surface area contributed by atoms with Crippen LogP contribution < -0.4 is 5.32 Å². The largest absolute Gasteiger partial charge is 0.353 e. The van der Waals surface area contributed by atoms with Crippen LogP contribution in [0, 0.1) is 0 Å². The lowest BCUT2D eigenvalue weighted by molar-refractivity contribution is -0.121. The Bertz CT molecular complexity index is 521. The van der Waals surface area contributed by atoms with Gasteiger partial charge in [0, 0.05) is 19.3 Å². The van der Waals surface area contributed by atoms with Crippen molar-refractivity contribution < 1.29 is 14.4 Å². The summed E-state index contributed by atoms with van der Waals surface area (Å²) in [5, 5.41) is 2.66. The fourth-order valence-corrected chi connectivity index (χ4v) is 1.88. The van der Waals surface area contributed by atoms with Crippen LogP contribution in [0.15, 0.2) is 18.3 Å². The van der Waals surface area contributed by atoms with Gasteiger partial charge in [0.05, 0.1) is 5.56 Å². The molecule has 0 saturated carbocycles. The Morgan fingerprint density at radius 1 is 1.35 bits per heavy atom. The number of carbonyl (C=O) groups excluding carboxylic acids is 3. The molecule has 0 spiro atoms. The normalized spacial score (nSPS) is 13.8. The van der Waals surface area contributed by atoms with Crippen LogP contribution in [-0.4, -0.2) is 66.2 Å². The molecule has 0 bridgehead atoms. The van der Waals surface area contributed by atoms with Crippen molar-refractivity contribution >= 4 is 17.7 Å². The molecule has 7 nitrogen and oxygen atoms in total. The molecule has 0 atom stereocenters. The lowest BCUT2D eigenvalue weighted by Crippen LogP contribution is -2.42. The van der Waals surface area contributed by atoms with Gasteiger partial charge in [0.15, 0.2) is 0 Å². The van der Waals surface area contributed by atoms with E-state index in [9.17, 15) is 14.4 Å². The molecule has 20 heavy (non-hydrogen) atoms. The van der Waals surface area contributed by atoms with Crippen molar-refractivity contribution in [2.75, 3.05) is 33.7 Å². The molecule has 106 valence electrons. The molecule has 2 rings (SSSR count). The summed E-state index contributed by atoms with van der Waals surface area (Å²) in [6.45, 7) is 0.879. The molecule has 3 amide bonds. The fraction of sp³-hybridized carbons (Fsp3) is 0.385. The number of rotatable bonds is 5. The lowest BCUT2D eigenvalue weighted by atomic mass is 10.2. The Balaban J connectivity index is 1.97. The predicted molar refractivity (Wildman–Crippen MR) is 71.2 cm³/mol. The van der Waals surface area contributed by atoms with Gasteiger partial charge in [-0.2, -0.15) is 0 Å². The van der Waals surface area contributed by atoms with Gasteiger partial charge < -0.3 is 10.2 Å². The second-order valence-electron chi connectivity index (χ2n) is 4.75. The lowest BCUT2D eigenvalue weighted by Gasteiger charge is -2.14. The number of fused-ring (bicyclic) bond motifs is 1. The minimum atomic E-state index is -0.520. The number of aromatic nitrogens is 1. The molecule has 7 heteroatoms. The summed E-state index contributed by atoms with van der Waals surface area (Å²) in [7, 11) is 3.78. The standard InChI is InChI=1S/C13H16N4O3/c1-16(2)7-6-14-10(18)8-17-12(19)9-4-3-5-15-11(9)13(17)20/h3-5H,6-8H2,1-2H3,(H,14,18). The third-order valence-electron chi connectivity index (χ3n) is 2.91. The first kappa shape index (κ1) is 14.1. The van der Waals surface area contributed by atoms with Crippen LogP contribution in [0.5, 0.6) is 0 Å². The molecule has 0 saturated heterocycles. The number of likely N-dealkylation sites (N-methyl/N-ethyl adjacent to an activating group) is 1. The number of pyridine rings is 1. The van der Waals surface area contributed by atoms with Crippen LogP contribution in [0.3, 0.4) is 0 Å². The number of carbonyl (C=O) groups is 3. The van der Waals surface area contributed by atoms with E-state index in [4.69, 9.17) is 0 Å². The molecule has 0 radical (unpaired) electrons. The topological polar surface area (TPSA) is 82.6 Å². The molecule has 1 aromatic heterocycles. The van der Waals surface area contributed by atoms with Crippen LogP contribution in [-0.2, 0) is 4.79 Å². The van der Waals surface area contributed by atoms with Gasteiger partial charge >= 0.3 is 0 Å². The van der Waals surface area contributed by atoms with Gasteiger partial charge in [-0.3, -0.25) is 24.3 Å². The average molecular weight is 276 g/mol. The minimum Gasteiger partial charge on any atom is -0.353 e. The van der Waals surface area contributed by atoms with Gasteiger partial charge in [0.25, 0.3) is 11.8 Å². The van der Waals surface area contributed by atoms with Crippen LogP contribution in [0.1, 0.15) is 20.8 Å². The first-order valence-electron chi connectivity index (χ1n) is 6.23. The van der Waals surface area contributed by atoms with E-state index in [0.717, 1.165) is 4.90 Å². The summed E-state index contributed by atoms with van der Waals surface area (Å²) in [6.07, 6.45) is 1.45. The molecule has 0 aliphatic carbocycles. The van der Waals surface area contributed by atoms with E-state index in [2.05, 4.69) is 10.3 Å². The highest BCUT2D eigenvalue weighted by Crippen LogP contribution is 2.19. The molecule has 2 heterocycles. The number of hydrogen-bond donors (Lipinski definition) is 1. The van der Waals surface area contributed by atoms with Crippen molar-refractivity contribution in [1.29, 1.82) is 0 Å². The highest BCUT2D eigenvalue weighted by atomic mass is 16.2. The summed E-state index contributed by atoms with van der Waals surface area (Å²) in [4.78, 5) is 42.4. The van der Waals surface area contributed by atoms with E-state index in [1.807, 2.05) is 19.0 Å². The first-order valence-corrected chi connectivity index (χ1v) is 6.23. The summed E-state index contributed by atoms with van der Waals surface area (Å²) < 4.78 is 0. The average Bonchev–Trinajstić information content (AvgIpc) is 2.64. The maximum atomic E-state index is 12.0. The zero-order valence-corrected chi connectivity index (χ0v) is 11.4. The van der Waals surface area contributed by atoms with Gasteiger partial charge in [0.2, 0.25) is 5.91 Å². The van der Waals surface area contributed by atoms with Crippen molar-refractivity contribution in [2.45, 2.75) is 0 Å². The third-order valence-corrected chi connectivity index (χ3v) is 2.91. The molecular weight excluding hydrogens is 260 g/mol. The van der Waals surface area contributed by atoms with E-state index in [-0.39, 0.29) is 23.7 Å². The quantitative estimate of drug-likeness (QED) is 0.723. The highest BCUT2D eigenvalue weighted by molar-refractivity contribution is 6.21. The first-order chi connectivity index (χ1) is 9.50. The minimum absolute atomic E-state index is 0.110. The molecule has 1 aliphatic heterocycles. The van der Waals surface area contributed by atoms with Crippen molar-refractivity contribution in [3.63, 3.8) is 0 Å². The maximum Gasteiger partial charge on any atom is 0.280 e. The van der Waals surface area contributed by atoms with Crippen LogP contribution in [0.4, 0.5) is 0 Å². The predicted octanol–water partition coefficient (Wildman–Crippen LogP) is -0.645. The number of nitrogens with zero attached hydrogens (tertiary/aromatic N) is 3. The van der Waals surface area contributed by atoms with Crippen molar-refractivity contribution in [2.24, 2.45) is 0 Å². The summed E-state index contributed by atoms with van der Waals surface area (Å²) >= 11 is 0. The van der Waals surface area contributed by atoms with Crippen LogP contribution >= 0.6 is 0 Å². The van der Waals surface area contributed by atoms with Crippen molar-refractivity contribution in [3.05, 3.63) is 29.6 Å². The summed E-state index contributed by atoms with van der Waals surface area (Å²) in [6, 6.07) is 3.12. The summed E-state index contributed by atoms with van der Waals surface area (Å²) in [5.74, 6) is -1.35. The Hall–Kier alpha value is -2.28. The van der Waals surface area contributed by atoms with Crippen molar-refractivity contribution in [3.8, 4) is 0 Å². The molecule has 0 unspecified atom stereocenters. The van der Waals surface area contributed by atoms with E-state index in [0.29, 0.717) is 13.1 Å². The number of imide groups is 1. The van der Waals surface area contributed by atoms with Gasteiger partial charge in [-0.25, -0.2) is 0 Å². The van der Waals surface area contributed by atoms with E-state index >= 15 is 0 Å². The molecule has 0 aromatic carbocycles. The van der Waals surface area contributed by atoms with Gasteiger partial charge in [-0.1, -0.05) is 0 Å². The zero-order valence-electron chi connectivity index (χ0n) is 11.4. The summed E-state index contributed by atoms with van der Waals surface area (Å²) in [5.41, 5.74) is 0.359. The smallest absolute Gasteiger partial charge is 0.280 e. The molecular formula is C13H16N4O3. The molecule has 1 aliphatic rings. The molecule has 0 fully saturated rings. The van der Waals surface area contributed by atoms with E-state index < -0.39 is 11.8 Å². The Morgan fingerprint density at radius 2 is 2.10 bits per heavy atom. The maximum absolute atomic E-state index is 12.0. The second kappa shape index (κ2) is 5.79. The Labute approximate surface area is 116 Å². The second-order valence-corrected chi connectivity index (χ2v) is 4.75. The van der Waals surface area contributed by atoms with Gasteiger partial charge in [0.1, 0.15) is 12.2 Å². The Kier molecular flexibility index (Phi) is 4.09. The molecule has 1 N–H and O–H groups in total. The fourth-order valence-electron chi connectivity index (χ4n) is 1.88. The van der Waals surface area contributed by atoms with Gasteiger partial charge in [-0.15, -0.1) is 0 Å². The molecule has 1 aromatic rings. The SMILES string of the molecule is CN(C)CCNC(=O)CN1C(=O)c2cccnc2C1=O. The van der Waals surface area contributed by atoms with E-state index in [1.165, 1.54) is 12.3 Å². The Morgan fingerprint density at radius 3 is 2.75 bits per heavy atom. The highest BCUT2D eigenvalue weighted by Gasteiger charge is 2.37. The van der Waals surface area contributed by atoms with Gasteiger partial charge in [-0.05, 0) is 26.2 Å². The number of hydrogen-bond acceptors (Lipinski definition) is 5. The third kappa shape index (κ3) is 2.83. The van der Waals surface area contributed by atoms with E-state index in [1.54, 1.807) is 6.07 Å². The van der Waals surface area contributed by atoms with Crippen molar-refractivity contribution in [1.82, 2.24) is 20.1 Å². The number of nitrogens with one attached hydrogen (secondary N) is 1. The van der Waals surface area contributed by atoms with Crippen LogP contribution in [0.25, 0.3) is 0 Å². The monoisotopic (exact) mass is 276 g/mol. The number of amides is 3.